The average molecular weight is 488 g/mol. The first-order valence-corrected chi connectivity index (χ1v) is 10.2. The minimum atomic E-state index is 0. The van der Waals surface area contributed by atoms with Gasteiger partial charge in [0.1, 0.15) is 11.6 Å². The molecule has 4 rings (SSSR count). The molecule has 3 heterocycles. The number of hydrogen-bond acceptors (Lipinski definition) is 4. The lowest BCUT2D eigenvalue weighted by Crippen LogP contribution is -2.48. The zero-order valence-electron chi connectivity index (χ0n) is 16.6. The largest absolute Gasteiger partial charge is 0.378 e. The summed E-state index contributed by atoms with van der Waals surface area (Å²) in [7, 11) is 1.89. The second-order valence-corrected chi connectivity index (χ2v) is 8.07. The van der Waals surface area contributed by atoms with Crippen molar-refractivity contribution >= 4 is 29.9 Å². The van der Waals surface area contributed by atoms with Gasteiger partial charge in [-0.3, -0.25) is 4.99 Å². The van der Waals surface area contributed by atoms with Gasteiger partial charge in [0.15, 0.2) is 5.96 Å². The summed E-state index contributed by atoms with van der Waals surface area (Å²) in [4.78, 5) is 6.90. The highest BCUT2D eigenvalue weighted by molar-refractivity contribution is 14.0. The minimum absolute atomic E-state index is 0. The van der Waals surface area contributed by atoms with Gasteiger partial charge in [-0.05, 0) is 50.9 Å². The molecule has 1 aromatic rings. The Bertz CT molecular complexity index is 636. The molecule has 0 spiro atoms. The van der Waals surface area contributed by atoms with Crippen LogP contribution in [0.1, 0.15) is 43.8 Å². The summed E-state index contributed by atoms with van der Waals surface area (Å²) < 4.78 is 8.32. The number of piperidine rings is 1. The Labute approximate surface area is 179 Å². The van der Waals surface area contributed by atoms with Crippen LogP contribution >= 0.6 is 24.0 Å². The number of nitrogens with zero attached hydrogens (tertiary/aromatic N) is 5. The molecule has 1 N–H and O–H groups in total. The SMILES string of the molecule is CN=C(NCC1CCc2nnc(C)n2C1)N1CCC(OCC2CC2)CC1.I. The third kappa shape index (κ3) is 5.34. The van der Waals surface area contributed by atoms with Gasteiger partial charge in [0, 0.05) is 46.3 Å². The smallest absolute Gasteiger partial charge is 0.193 e. The maximum atomic E-state index is 6.06. The molecule has 0 bridgehead atoms. The number of ether oxygens (including phenoxy) is 1. The van der Waals surface area contributed by atoms with E-state index >= 15 is 0 Å². The van der Waals surface area contributed by atoms with Crippen molar-refractivity contribution in [2.75, 3.05) is 33.3 Å². The van der Waals surface area contributed by atoms with Crippen molar-refractivity contribution < 1.29 is 4.74 Å². The number of aromatic nitrogens is 3. The Balaban J connectivity index is 0.00000210. The Morgan fingerprint density at radius 2 is 1.93 bits per heavy atom. The van der Waals surface area contributed by atoms with Crippen molar-refractivity contribution in [3.63, 3.8) is 0 Å². The van der Waals surface area contributed by atoms with E-state index in [1.165, 1.54) is 19.3 Å². The van der Waals surface area contributed by atoms with Crippen LogP contribution in [-0.2, 0) is 17.7 Å². The molecule has 7 nitrogen and oxygen atoms in total. The number of fused-ring (bicyclic) bond motifs is 1. The average Bonchev–Trinajstić information content (AvgIpc) is 3.44. The minimum Gasteiger partial charge on any atom is -0.378 e. The zero-order valence-corrected chi connectivity index (χ0v) is 18.9. The first kappa shape index (κ1) is 20.8. The highest BCUT2D eigenvalue weighted by Gasteiger charge is 2.27. The van der Waals surface area contributed by atoms with Crippen LogP contribution in [0, 0.1) is 18.8 Å². The Hall–Kier alpha value is -0.900. The molecule has 152 valence electrons. The van der Waals surface area contributed by atoms with Gasteiger partial charge in [-0.2, -0.15) is 0 Å². The lowest BCUT2D eigenvalue weighted by molar-refractivity contribution is 0.0130. The third-order valence-electron chi connectivity index (χ3n) is 6.00. The summed E-state index contributed by atoms with van der Waals surface area (Å²) in [6, 6.07) is 0. The third-order valence-corrected chi connectivity index (χ3v) is 6.00. The molecular weight excluding hydrogens is 455 g/mol. The van der Waals surface area contributed by atoms with Crippen molar-refractivity contribution in [2.24, 2.45) is 16.8 Å². The van der Waals surface area contributed by atoms with Crippen LogP contribution in [0.15, 0.2) is 4.99 Å². The van der Waals surface area contributed by atoms with Gasteiger partial charge < -0.3 is 19.5 Å². The van der Waals surface area contributed by atoms with Crippen molar-refractivity contribution in [1.29, 1.82) is 0 Å². The van der Waals surface area contributed by atoms with Gasteiger partial charge in [-0.1, -0.05) is 0 Å². The van der Waals surface area contributed by atoms with Crippen molar-refractivity contribution in [3.05, 3.63) is 11.6 Å². The van der Waals surface area contributed by atoms with Gasteiger partial charge in [0.25, 0.3) is 0 Å². The fourth-order valence-corrected chi connectivity index (χ4v) is 4.06. The van der Waals surface area contributed by atoms with Crippen molar-refractivity contribution in [3.8, 4) is 0 Å². The van der Waals surface area contributed by atoms with E-state index in [1.54, 1.807) is 0 Å². The molecule has 0 aromatic carbocycles. The number of guanidine groups is 1. The molecule has 1 saturated carbocycles. The molecule has 3 aliphatic rings. The van der Waals surface area contributed by atoms with Gasteiger partial charge >= 0.3 is 0 Å². The van der Waals surface area contributed by atoms with E-state index in [0.717, 1.165) is 75.6 Å². The number of halogens is 1. The van der Waals surface area contributed by atoms with Gasteiger partial charge in [-0.15, -0.1) is 34.2 Å². The molecule has 0 amide bonds. The monoisotopic (exact) mass is 488 g/mol. The lowest BCUT2D eigenvalue weighted by atomic mass is 9.99. The fourth-order valence-electron chi connectivity index (χ4n) is 4.06. The van der Waals surface area contributed by atoms with Crippen LogP contribution in [0.3, 0.4) is 0 Å². The van der Waals surface area contributed by atoms with Crippen LogP contribution in [0.4, 0.5) is 0 Å². The Morgan fingerprint density at radius 1 is 1.15 bits per heavy atom. The van der Waals surface area contributed by atoms with E-state index in [2.05, 4.69) is 30.0 Å². The summed E-state index contributed by atoms with van der Waals surface area (Å²) in [5, 5.41) is 12.1. The molecule has 0 radical (unpaired) electrons. The highest BCUT2D eigenvalue weighted by Crippen LogP contribution is 2.30. The maximum Gasteiger partial charge on any atom is 0.193 e. The fraction of sp³-hybridized carbons (Fsp3) is 0.842. The number of rotatable bonds is 5. The Morgan fingerprint density at radius 3 is 2.63 bits per heavy atom. The standard InChI is InChI=1S/C19H32N6O.HI/c1-14-22-23-18-6-5-16(12-25(14)18)11-21-19(20-2)24-9-7-17(8-10-24)26-13-15-3-4-15;/h15-17H,3-13H2,1-2H3,(H,20,21);1H. The predicted octanol–water partition coefficient (Wildman–Crippen LogP) is 2.23. The summed E-state index contributed by atoms with van der Waals surface area (Å²) >= 11 is 0. The number of aliphatic imine (C=N–C) groups is 1. The van der Waals surface area contributed by atoms with Crippen LogP contribution in [0.2, 0.25) is 0 Å². The van der Waals surface area contributed by atoms with Crippen LogP contribution in [-0.4, -0.2) is 65.0 Å². The highest BCUT2D eigenvalue weighted by atomic mass is 127. The molecule has 2 aliphatic heterocycles. The van der Waals surface area contributed by atoms with Crippen LogP contribution in [0.5, 0.6) is 0 Å². The summed E-state index contributed by atoms with van der Waals surface area (Å²) in [5.41, 5.74) is 0. The summed E-state index contributed by atoms with van der Waals surface area (Å²) in [6.07, 6.45) is 7.59. The topological polar surface area (TPSA) is 67.6 Å². The molecule has 8 heteroatoms. The maximum absolute atomic E-state index is 6.06. The van der Waals surface area contributed by atoms with E-state index in [4.69, 9.17) is 4.74 Å². The normalized spacial score (nSPS) is 23.7. The predicted molar refractivity (Wildman–Crippen MR) is 117 cm³/mol. The second kappa shape index (κ2) is 9.54. The Kier molecular flexibility index (Phi) is 7.35. The van der Waals surface area contributed by atoms with Gasteiger partial charge in [0.2, 0.25) is 0 Å². The summed E-state index contributed by atoms with van der Waals surface area (Å²) in [5.74, 6) is 4.66. The van der Waals surface area contributed by atoms with Gasteiger partial charge in [0.05, 0.1) is 6.10 Å². The zero-order chi connectivity index (χ0) is 17.9. The first-order valence-electron chi connectivity index (χ1n) is 10.2. The molecule has 1 unspecified atom stereocenters. The number of nitrogens with one attached hydrogen (secondary N) is 1. The second-order valence-electron chi connectivity index (χ2n) is 8.07. The van der Waals surface area contributed by atoms with Crippen molar-refractivity contribution in [1.82, 2.24) is 25.0 Å². The van der Waals surface area contributed by atoms with E-state index < -0.39 is 0 Å². The quantitative estimate of drug-likeness (QED) is 0.391. The van der Waals surface area contributed by atoms with Crippen LogP contribution in [0.25, 0.3) is 0 Å². The van der Waals surface area contributed by atoms with E-state index in [1.807, 2.05) is 14.0 Å². The summed E-state index contributed by atoms with van der Waals surface area (Å²) in [6.45, 7) is 7.06. The number of likely N-dealkylation sites (tertiary alicyclic amines) is 1. The molecule has 1 aliphatic carbocycles. The first-order chi connectivity index (χ1) is 12.7. The molecule has 1 aromatic heterocycles. The molecule has 2 fully saturated rings. The molecule has 1 atom stereocenters. The van der Waals surface area contributed by atoms with Crippen LogP contribution < -0.4 is 5.32 Å². The van der Waals surface area contributed by atoms with E-state index in [-0.39, 0.29) is 24.0 Å². The lowest BCUT2D eigenvalue weighted by Gasteiger charge is -2.35. The molecular formula is C19H33IN6O. The van der Waals surface area contributed by atoms with Crippen molar-refractivity contribution in [2.45, 2.75) is 58.1 Å². The molecule has 1 saturated heterocycles. The van der Waals surface area contributed by atoms with E-state index in [9.17, 15) is 0 Å². The number of aryl methyl sites for hydroxylation is 2. The molecule has 27 heavy (non-hydrogen) atoms. The number of hydrogen-bond donors (Lipinski definition) is 1. The van der Waals surface area contributed by atoms with Gasteiger partial charge in [-0.25, -0.2) is 0 Å². The van der Waals surface area contributed by atoms with E-state index in [0.29, 0.717) is 12.0 Å².